The molecule has 1 atom stereocenters. The first kappa shape index (κ1) is 13.4. The molecule has 0 spiro atoms. The molecule has 1 aliphatic rings. The van der Waals surface area contributed by atoms with Crippen molar-refractivity contribution in [2.24, 2.45) is 0 Å². The van der Waals surface area contributed by atoms with Crippen molar-refractivity contribution in [1.82, 2.24) is 10.3 Å². The second kappa shape index (κ2) is 5.42. The largest absolute Gasteiger partial charge is 0.491 e. The number of rotatable bonds is 4. The number of hydrogen-bond donors (Lipinski definition) is 1. The molecule has 0 amide bonds. The third-order valence-electron chi connectivity index (χ3n) is 3.55. The van der Waals surface area contributed by atoms with E-state index in [9.17, 15) is 0 Å². The molecule has 2 aromatic rings. The highest BCUT2D eigenvalue weighted by molar-refractivity contribution is 7.11. The second-order valence-electron chi connectivity index (χ2n) is 4.89. The fraction of sp³-hybridized carbons (Fsp3) is 0.400. The molecule has 1 unspecified atom stereocenters. The Morgan fingerprint density at radius 2 is 2.30 bits per heavy atom. The van der Waals surface area contributed by atoms with Gasteiger partial charge in [0.15, 0.2) is 0 Å². The lowest BCUT2D eigenvalue weighted by molar-refractivity contribution is 0.298. The first-order chi connectivity index (χ1) is 9.67. The topological polar surface area (TPSA) is 43.4 Å². The first-order valence-corrected chi connectivity index (χ1v) is 7.48. The van der Waals surface area contributed by atoms with Crippen LogP contribution in [-0.4, -0.2) is 18.6 Å². The second-order valence-corrected chi connectivity index (χ2v) is 6.18. The van der Waals surface area contributed by atoms with Crippen LogP contribution in [0.15, 0.2) is 18.2 Å². The van der Waals surface area contributed by atoms with Crippen molar-refractivity contribution >= 4 is 11.3 Å². The maximum Gasteiger partial charge on any atom is 0.140 e. The molecule has 3 rings (SSSR count). The lowest BCUT2D eigenvalue weighted by Crippen LogP contribution is -2.17. The first-order valence-electron chi connectivity index (χ1n) is 6.67. The van der Waals surface area contributed by atoms with Crippen LogP contribution in [0.2, 0.25) is 0 Å². The highest BCUT2D eigenvalue weighted by atomic mass is 32.1. The minimum Gasteiger partial charge on any atom is -0.491 e. The van der Waals surface area contributed by atoms with Crippen LogP contribution in [0.4, 0.5) is 0 Å². The third kappa shape index (κ3) is 2.51. The smallest absolute Gasteiger partial charge is 0.140 e. The predicted octanol–water partition coefficient (Wildman–Crippen LogP) is 2.99. The molecule has 0 bridgehead atoms. The van der Waals surface area contributed by atoms with Gasteiger partial charge >= 0.3 is 0 Å². The Labute approximate surface area is 122 Å². The molecular formula is C15H18N2O2S. The standard InChI is InChI=1S/C15H18N2O2S/c1-9-10(2)20-15(17-9)8-18-11-4-5-12-13(16-3)7-19-14(12)6-11/h4-6,13,16H,7-8H2,1-3H3. The minimum absolute atomic E-state index is 0.281. The number of nitrogens with one attached hydrogen (secondary N) is 1. The highest BCUT2D eigenvalue weighted by Crippen LogP contribution is 2.35. The Kier molecular flexibility index (Phi) is 3.63. The fourth-order valence-corrected chi connectivity index (χ4v) is 3.11. The summed E-state index contributed by atoms with van der Waals surface area (Å²) in [5, 5.41) is 4.24. The number of benzene rings is 1. The number of fused-ring (bicyclic) bond motifs is 1. The molecule has 0 radical (unpaired) electrons. The van der Waals surface area contributed by atoms with Gasteiger partial charge in [-0.2, -0.15) is 0 Å². The van der Waals surface area contributed by atoms with Crippen LogP contribution in [0.5, 0.6) is 11.5 Å². The van der Waals surface area contributed by atoms with Gasteiger partial charge in [0.2, 0.25) is 0 Å². The Morgan fingerprint density at radius 3 is 3.00 bits per heavy atom. The molecular weight excluding hydrogens is 272 g/mol. The van der Waals surface area contributed by atoms with Crippen LogP contribution in [-0.2, 0) is 6.61 Å². The van der Waals surface area contributed by atoms with Crippen molar-refractivity contribution < 1.29 is 9.47 Å². The van der Waals surface area contributed by atoms with E-state index in [0.29, 0.717) is 13.2 Å². The number of aryl methyl sites for hydroxylation is 2. The lowest BCUT2D eigenvalue weighted by Gasteiger charge is -2.08. The molecule has 1 aromatic heterocycles. The van der Waals surface area contributed by atoms with E-state index in [1.165, 1.54) is 10.4 Å². The average molecular weight is 290 g/mol. The van der Waals surface area contributed by atoms with Crippen LogP contribution in [0.3, 0.4) is 0 Å². The maximum absolute atomic E-state index is 5.80. The van der Waals surface area contributed by atoms with E-state index in [-0.39, 0.29) is 6.04 Å². The van der Waals surface area contributed by atoms with Crippen LogP contribution in [0.1, 0.15) is 27.2 Å². The van der Waals surface area contributed by atoms with Gasteiger partial charge in [-0.1, -0.05) is 0 Å². The molecule has 2 heterocycles. The van der Waals surface area contributed by atoms with E-state index in [4.69, 9.17) is 9.47 Å². The minimum atomic E-state index is 0.281. The maximum atomic E-state index is 5.80. The molecule has 1 N–H and O–H groups in total. The summed E-state index contributed by atoms with van der Waals surface area (Å²) in [6, 6.07) is 6.30. The van der Waals surface area contributed by atoms with E-state index < -0.39 is 0 Å². The molecule has 0 saturated carbocycles. The van der Waals surface area contributed by atoms with Gasteiger partial charge in [-0.05, 0) is 33.0 Å². The van der Waals surface area contributed by atoms with Gasteiger partial charge in [0.25, 0.3) is 0 Å². The van der Waals surface area contributed by atoms with Crippen molar-refractivity contribution in [2.45, 2.75) is 26.5 Å². The van der Waals surface area contributed by atoms with Crippen LogP contribution in [0.25, 0.3) is 0 Å². The van der Waals surface area contributed by atoms with Crippen molar-refractivity contribution in [3.8, 4) is 11.5 Å². The van der Waals surface area contributed by atoms with Gasteiger partial charge in [0.1, 0.15) is 29.7 Å². The molecule has 0 saturated heterocycles. The van der Waals surface area contributed by atoms with E-state index in [2.05, 4.69) is 23.3 Å². The summed E-state index contributed by atoms with van der Waals surface area (Å²) >= 11 is 1.69. The predicted molar refractivity (Wildman–Crippen MR) is 79.7 cm³/mol. The third-order valence-corrected chi connectivity index (χ3v) is 4.60. The number of ether oxygens (including phenoxy) is 2. The van der Waals surface area contributed by atoms with Gasteiger partial charge in [0.05, 0.1) is 11.7 Å². The van der Waals surface area contributed by atoms with Gasteiger partial charge < -0.3 is 14.8 Å². The summed E-state index contributed by atoms with van der Waals surface area (Å²) < 4.78 is 11.5. The molecule has 1 aromatic carbocycles. The van der Waals surface area contributed by atoms with Crippen LogP contribution >= 0.6 is 11.3 Å². The summed E-state index contributed by atoms with van der Waals surface area (Å²) in [6.07, 6.45) is 0. The zero-order valence-electron chi connectivity index (χ0n) is 11.9. The Morgan fingerprint density at radius 1 is 1.45 bits per heavy atom. The number of likely N-dealkylation sites (N-methyl/N-ethyl adjacent to an activating group) is 1. The zero-order valence-corrected chi connectivity index (χ0v) is 12.7. The summed E-state index contributed by atoms with van der Waals surface area (Å²) in [5.41, 5.74) is 2.28. The summed E-state index contributed by atoms with van der Waals surface area (Å²) in [4.78, 5) is 5.72. The SMILES string of the molecule is CNC1COc2cc(OCc3nc(C)c(C)s3)ccc21. The van der Waals surface area contributed by atoms with Crippen molar-refractivity contribution in [2.75, 3.05) is 13.7 Å². The summed E-state index contributed by atoms with van der Waals surface area (Å²) in [7, 11) is 1.95. The molecule has 0 fully saturated rings. The van der Waals surface area contributed by atoms with E-state index in [0.717, 1.165) is 22.2 Å². The highest BCUT2D eigenvalue weighted by Gasteiger charge is 2.22. The van der Waals surface area contributed by atoms with Crippen molar-refractivity contribution in [3.63, 3.8) is 0 Å². The Hall–Kier alpha value is -1.59. The molecule has 0 aliphatic carbocycles. The summed E-state index contributed by atoms with van der Waals surface area (Å²) in [5.74, 6) is 1.74. The van der Waals surface area contributed by atoms with Crippen molar-refractivity contribution in [1.29, 1.82) is 0 Å². The van der Waals surface area contributed by atoms with Crippen LogP contribution < -0.4 is 14.8 Å². The molecule has 4 nitrogen and oxygen atoms in total. The number of thiazole rings is 1. The monoisotopic (exact) mass is 290 g/mol. The molecule has 5 heteroatoms. The molecule has 106 valence electrons. The molecule has 20 heavy (non-hydrogen) atoms. The number of nitrogens with zero attached hydrogens (tertiary/aromatic N) is 1. The average Bonchev–Trinajstić information content (AvgIpc) is 3.00. The van der Waals surface area contributed by atoms with Gasteiger partial charge in [-0.3, -0.25) is 0 Å². The van der Waals surface area contributed by atoms with E-state index in [1.807, 2.05) is 26.1 Å². The lowest BCUT2D eigenvalue weighted by atomic mass is 10.1. The Balaban J connectivity index is 1.70. The normalized spacial score (nSPS) is 16.9. The van der Waals surface area contributed by atoms with E-state index in [1.54, 1.807) is 11.3 Å². The quantitative estimate of drug-likeness (QED) is 0.940. The summed E-state index contributed by atoms with van der Waals surface area (Å²) in [6.45, 7) is 5.29. The van der Waals surface area contributed by atoms with Crippen molar-refractivity contribution in [3.05, 3.63) is 39.3 Å². The zero-order chi connectivity index (χ0) is 14.1. The number of aromatic nitrogens is 1. The van der Waals surface area contributed by atoms with Gasteiger partial charge in [-0.25, -0.2) is 4.98 Å². The van der Waals surface area contributed by atoms with Crippen LogP contribution in [0, 0.1) is 13.8 Å². The van der Waals surface area contributed by atoms with Gasteiger partial charge in [-0.15, -0.1) is 11.3 Å². The molecule has 1 aliphatic heterocycles. The fourth-order valence-electron chi connectivity index (χ4n) is 2.27. The Bertz CT molecular complexity index is 605. The van der Waals surface area contributed by atoms with Gasteiger partial charge in [0, 0.05) is 16.5 Å². The van der Waals surface area contributed by atoms with E-state index >= 15 is 0 Å². The number of hydrogen-bond acceptors (Lipinski definition) is 5.